The van der Waals surface area contributed by atoms with E-state index in [-0.39, 0.29) is 25.7 Å². The molecule has 0 fully saturated rings. The van der Waals surface area contributed by atoms with Gasteiger partial charge >= 0.3 is 39.5 Å². The van der Waals surface area contributed by atoms with E-state index in [2.05, 4.69) is 198 Å². The molecule has 0 rings (SSSR count). The van der Waals surface area contributed by atoms with E-state index >= 15 is 0 Å². The van der Waals surface area contributed by atoms with Gasteiger partial charge in [0.2, 0.25) is 0 Å². The maximum absolute atomic E-state index is 13.1. The number of esters is 4. The van der Waals surface area contributed by atoms with Crippen LogP contribution in [-0.4, -0.2) is 96.7 Å². The minimum Gasteiger partial charge on any atom is -0.462 e. The van der Waals surface area contributed by atoms with Crippen LogP contribution in [0.3, 0.4) is 0 Å². The second kappa shape index (κ2) is 77.6. The van der Waals surface area contributed by atoms with E-state index in [9.17, 15) is 43.2 Å². The minimum absolute atomic E-state index is 0.0631. The molecule has 106 heavy (non-hydrogen) atoms. The summed E-state index contributed by atoms with van der Waals surface area (Å²) in [7, 11) is -10.0. The Morgan fingerprint density at radius 2 is 0.509 bits per heavy atom. The number of ether oxygens (including phenoxy) is 4. The van der Waals surface area contributed by atoms with E-state index in [0.717, 1.165) is 199 Å². The van der Waals surface area contributed by atoms with Crippen molar-refractivity contribution < 1.29 is 80.2 Å². The van der Waals surface area contributed by atoms with Gasteiger partial charge in [-0.05, 0) is 173 Å². The first kappa shape index (κ1) is 100. The Morgan fingerprint density at radius 3 is 0.821 bits per heavy atom. The molecule has 5 atom stereocenters. The van der Waals surface area contributed by atoms with Gasteiger partial charge in [-0.25, -0.2) is 9.13 Å². The number of aliphatic hydroxyl groups is 1. The van der Waals surface area contributed by atoms with Crippen LogP contribution in [0.5, 0.6) is 0 Å². The second-order valence-electron chi connectivity index (χ2n) is 26.2. The molecule has 0 aromatic heterocycles. The predicted octanol–water partition coefficient (Wildman–Crippen LogP) is 23.8. The van der Waals surface area contributed by atoms with E-state index in [4.69, 9.17) is 37.0 Å². The first-order chi connectivity index (χ1) is 51.7. The summed E-state index contributed by atoms with van der Waals surface area (Å²) >= 11 is 0. The third-order valence-corrected chi connectivity index (χ3v) is 18.0. The topological polar surface area (TPSA) is 237 Å². The fourth-order valence-electron chi connectivity index (χ4n) is 10.0. The molecule has 0 aliphatic carbocycles. The van der Waals surface area contributed by atoms with Crippen LogP contribution < -0.4 is 0 Å². The third kappa shape index (κ3) is 76.6. The van der Waals surface area contributed by atoms with Crippen LogP contribution >= 0.6 is 15.6 Å². The standard InChI is InChI=1S/C87H142O17P2/c1-5-9-13-17-21-25-29-33-36-38-40-42-45-49-52-56-60-64-68-72-85(90)98-78-83(104-87(92)74-70-66-62-58-54-50-46-43-41-39-37-34-30-26-22-18-14-10-6-2)80-102-106(95,96)100-76-81(88)75-99-105(93,94)101-79-82(103-86(91)73-69-65-61-57-53-47-32-28-24-20-16-12-8-4)77-97-84(89)71-67-63-59-55-51-48-44-35-31-27-23-19-15-11-7-3/h9,11,13,15-16,20-23,25-28,32-37,40-44,49,51-52,55,81-83,88H,5-8,10,12,14,17-19,24,29-31,38-39,45-48,50,53-54,56-80H2,1-4H3,(H,93,94)(H,95,96)/b13-9-,15-11-,20-16-,25-21-,26-22-,27-23-,32-28-,36-33-,37-34-,42-40-,43-41-,44-35-,52-49-,55-51-. The Morgan fingerprint density at radius 1 is 0.274 bits per heavy atom. The SMILES string of the molecule is CC/C=C\C/C=C\C/C=C\C/C=C\C/C=C\CCCCCC(=O)OCC(COP(=O)(O)OCC(O)COP(=O)(O)OCC(COC(=O)CCCC/C=C\C/C=C\C/C=C\C/C=C\CC)OC(=O)CCCCCCC/C=C\C/C=C\CCC)OC(=O)CCCCCCCC/C=C\C/C=C\C/C=C\CCCCC. The average molecular weight is 1520 g/mol. The lowest BCUT2D eigenvalue weighted by atomic mass is 10.1. The zero-order valence-corrected chi connectivity index (χ0v) is 67.6. The molecule has 0 saturated heterocycles. The lowest BCUT2D eigenvalue weighted by Crippen LogP contribution is -2.30. The molecule has 0 saturated carbocycles. The van der Waals surface area contributed by atoms with Gasteiger partial charge in [-0.1, -0.05) is 268 Å². The Bertz CT molecular complexity index is 2680. The van der Waals surface area contributed by atoms with Crippen LogP contribution in [0, 0.1) is 0 Å². The number of aliphatic hydroxyl groups excluding tert-OH is 1. The van der Waals surface area contributed by atoms with Gasteiger partial charge in [0, 0.05) is 25.7 Å². The molecule has 0 heterocycles. The molecule has 0 aromatic rings. The smallest absolute Gasteiger partial charge is 0.462 e. The van der Waals surface area contributed by atoms with Gasteiger partial charge in [-0.2, -0.15) is 0 Å². The Labute approximate surface area is 642 Å². The number of carbonyl (C=O) groups excluding carboxylic acids is 4. The van der Waals surface area contributed by atoms with E-state index in [0.29, 0.717) is 25.7 Å². The maximum Gasteiger partial charge on any atom is 0.472 e. The lowest BCUT2D eigenvalue weighted by Gasteiger charge is -2.21. The monoisotopic (exact) mass is 1520 g/mol. The maximum atomic E-state index is 13.1. The molecule has 5 unspecified atom stereocenters. The molecule has 0 spiro atoms. The van der Waals surface area contributed by atoms with Crippen molar-refractivity contribution in [3.63, 3.8) is 0 Å². The molecular formula is C87H142O17P2. The van der Waals surface area contributed by atoms with Crippen LogP contribution in [0.1, 0.15) is 297 Å². The summed E-state index contributed by atoms with van der Waals surface area (Å²) < 4.78 is 68.6. The van der Waals surface area contributed by atoms with Gasteiger partial charge in [0.25, 0.3) is 0 Å². The van der Waals surface area contributed by atoms with Gasteiger partial charge in [0.1, 0.15) is 19.3 Å². The van der Waals surface area contributed by atoms with Crippen LogP contribution in [-0.2, 0) is 65.4 Å². The lowest BCUT2D eigenvalue weighted by molar-refractivity contribution is -0.161. The number of carbonyl (C=O) groups is 4. The fraction of sp³-hybridized carbons (Fsp3) is 0.632. The Balaban J connectivity index is 5.46. The summed E-state index contributed by atoms with van der Waals surface area (Å²) in [5.74, 6) is -2.30. The molecule has 0 aliphatic heterocycles. The summed E-state index contributed by atoms with van der Waals surface area (Å²) in [6.45, 7) is 4.43. The van der Waals surface area contributed by atoms with Gasteiger partial charge in [0.05, 0.1) is 26.4 Å². The second-order valence-corrected chi connectivity index (χ2v) is 29.1. The molecule has 0 radical (unpaired) electrons. The summed E-state index contributed by atoms with van der Waals surface area (Å²) in [5.41, 5.74) is 0. The van der Waals surface area contributed by atoms with Crippen molar-refractivity contribution in [2.75, 3.05) is 39.6 Å². The quantitative estimate of drug-likeness (QED) is 0.0169. The fourth-order valence-corrected chi connectivity index (χ4v) is 11.6. The highest BCUT2D eigenvalue weighted by atomic mass is 31.2. The molecule has 0 bridgehead atoms. The van der Waals surface area contributed by atoms with Crippen molar-refractivity contribution >= 4 is 39.5 Å². The van der Waals surface area contributed by atoms with E-state index in [1.165, 1.54) is 19.3 Å². The Hall–Kier alpha value is -5.58. The van der Waals surface area contributed by atoms with Crippen LogP contribution in [0.15, 0.2) is 170 Å². The highest BCUT2D eigenvalue weighted by Gasteiger charge is 2.30. The van der Waals surface area contributed by atoms with Gasteiger partial charge in [0.15, 0.2) is 12.2 Å². The predicted molar refractivity (Wildman–Crippen MR) is 436 cm³/mol. The Kier molecular flexibility index (Phi) is 73.5. The van der Waals surface area contributed by atoms with Crippen molar-refractivity contribution in [3.8, 4) is 0 Å². The summed E-state index contributed by atoms with van der Waals surface area (Å²) in [6.07, 6.45) is 91.9. The van der Waals surface area contributed by atoms with E-state index in [1.54, 1.807) is 0 Å². The molecule has 0 aromatic carbocycles. The first-order valence-electron chi connectivity index (χ1n) is 40.4. The number of hydrogen-bond donors (Lipinski definition) is 3. The van der Waals surface area contributed by atoms with Gasteiger partial charge in [-0.15, -0.1) is 0 Å². The highest BCUT2D eigenvalue weighted by Crippen LogP contribution is 2.45. The molecule has 602 valence electrons. The van der Waals surface area contributed by atoms with Crippen molar-refractivity contribution in [2.24, 2.45) is 0 Å². The molecule has 3 N–H and O–H groups in total. The first-order valence-corrected chi connectivity index (χ1v) is 43.4. The van der Waals surface area contributed by atoms with Gasteiger partial charge in [-0.3, -0.25) is 37.3 Å². The molecule has 19 heteroatoms. The number of rotatable bonds is 74. The molecular weight excluding hydrogens is 1380 g/mol. The summed E-state index contributed by atoms with van der Waals surface area (Å²) in [6, 6.07) is 0. The number of allylic oxidation sites excluding steroid dienone is 28. The van der Waals surface area contributed by atoms with E-state index < -0.39 is 97.5 Å². The normalized spacial score (nSPS) is 14.7. The van der Waals surface area contributed by atoms with Crippen molar-refractivity contribution in [3.05, 3.63) is 170 Å². The largest absolute Gasteiger partial charge is 0.472 e. The number of phosphoric ester groups is 2. The van der Waals surface area contributed by atoms with Crippen LogP contribution in [0.4, 0.5) is 0 Å². The van der Waals surface area contributed by atoms with Gasteiger partial charge < -0.3 is 33.8 Å². The number of hydrogen-bond acceptors (Lipinski definition) is 15. The van der Waals surface area contributed by atoms with Crippen LogP contribution in [0.25, 0.3) is 0 Å². The highest BCUT2D eigenvalue weighted by molar-refractivity contribution is 7.47. The minimum atomic E-state index is -5.00. The zero-order valence-electron chi connectivity index (χ0n) is 65.8. The van der Waals surface area contributed by atoms with Crippen molar-refractivity contribution in [1.82, 2.24) is 0 Å². The number of phosphoric acid groups is 2. The zero-order chi connectivity index (χ0) is 77.4. The molecule has 17 nitrogen and oxygen atoms in total. The molecule has 0 amide bonds. The van der Waals surface area contributed by atoms with Crippen molar-refractivity contribution in [1.29, 1.82) is 0 Å². The van der Waals surface area contributed by atoms with E-state index in [1.807, 2.05) is 0 Å². The third-order valence-electron chi connectivity index (χ3n) is 16.1. The van der Waals surface area contributed by atoms with Crippen molar-refractivity contribution in [2.45, 2.75) is 316 Å². The summed E-state index contributed by atoms with van der Waals surface area (Å²) in [5, 5.41) is 10.6. The summed E-state index contributed by atoms with van der Waals surface area (Å²) in [4.78, 5) is 73.1. The number of unbranched alkanes of at least 4 members (excludes halogenated alkanes) is 20. The van der Waals surface area contributed by atoms with Crippen LogP contribution in [0.2, 0.25) is 0 Å². The average Bonchev–Trinajstić information content (AvgIpc) is 0.903. The molecule has 0 aliphatic rings.